The number of carboxylic acid groups (broad SMARTS) is 1. The summed E-state index contributed by atoms with van der Waals surface area (Å²) in [4.78, 5) is 38.7. The number of aliphatic hydroxyl groups excluding tert-OH is 1. The Morgan fingerprint density at radius 2 is 1.57 bits per heavy atom. The SMILES string of the molecule is CCCOc1ccc(/C(O)=C2\C(=O)C(=O)N(c3ccc(CC(=O)O)cc3)C2c2ccccc2)cc1. The van der Waals surface area contributed by atoms with Gasteiger partial charge in [-0.3, -0.25) is 19.3 Å². The Morgan fingerprint density at radius 3 is 2.17 bits per heavy atom. The van der Waals surface area contributed by atoms with E-state index < -0.39 is 23.7 Å². The zero-order chi connectivity index (χ0) is 24.9. The van der Waals surface area contributed by atoms with E-state index in [2.05, 4.69) is 0 Å². The molecule has 4 rings (SSSR count). The lowest BCUT2D eigenvalue weighted by molar-refractivity contribution is -0.136. The molecule has 0 saturated carbocycles. The van der Waals surface area contributed by atoms with Gasteiger partial charge >= 0.3 is 5.97 Å². The molecule has 1 saturated heterocycles. The Kier molecular flexibility index (Phi) is 6.96. The molecule has 1 aliphatic heterocycles. The summed E-state index contributed by atoms with van der Waals surface area (Å²) in [6.45, 7) is 2.57. The Labute approximate surface area is 202 Å². The van der Waals surface area contributed by atoms with Crippen LogP contribution < -0.4 is 9.64 Å². The van der Waals surface area contributed by atoms with Crippen LogP contribution in [0.4, 0.5) is 5.69 Å². The molecular formula is C28H25NO6. The quantitative estimate of drug-likeness (QED) is 0.280. The molecule has 1 fully saturated rings. The topological polar surface area (TPSA) is 104 Å². The first-order chi connectivity index (χ1) is 16.9. The first-order valence-electron chi connectivity index (χ1n) is 11.3. The van der Waals surface area contributed by atoms with Crippen molar-refractivity contribution in [2.45, 2.75) is 25.8 Å². The van der Waals surface area contributed by atoms with Crippen molar-refractivity contribution in [1.29, 1.82) is 0 Å². The van der Waals surface area contributed by atoms with Crippen LogP contribution in [-0.2, 0) is 20.8 Å². The molecule has 0 aromatic heterocycles. The van der Waals surface area contributed by atoms with E-state index >= 15 is 0 Å². The second-order valence-electron chi connectivity index (χ2n) is 8.19. The third kappa shape index (κ3) is 4.94. The van der Waals surface area contributed by atoms with Crippen molar-refractivity contribution in [3.8, 4) is 5.75 Å². The van der Waals surface area contributed by atoms with E-state index in [0.29, 0.717) is 34.7 Å². The maximum absolute atomic E-state index is 13.2. The second-order valence-corrected chi connectivity index (χ2v) is 8.19. The van der Waals surface area contributed by atoms with Crippen LogP contribution in [0.5, 0.6) is 5.75 Å². The molecule has 178 valence electrons. The van der Waals surface area contributed by atoms with Gasteiger partial charge < -0.3 is 14.9 Å². The smallest absolute Gasteiger partial charge is 0.307 e. The minimum absolute atomic E-state index is 0.0157. The number of aliphatic hydroxyl groups is 1. The molecule has 7 nitrogen and oxygen atoms in total. The zero-order valence-electron chi connectivity index (χ0n) is 19.2. The number of benzene rings is 3. The van der Waals surface area contributed by atoms with E-state index in [0.717, 1.165) is 6.42 Å². The molecule has 0 bridgehead atoms. The first-order valence-corrected chi connectivity index (χ1v) is 11.3. The summed E-state index contributed by atoms with van der Waals surface area (Å²) in [5.41, 5.74) is 2.03. The van der Waals surface area contributed by atoms with Gasteiger partial charge in [0, 0.05) is 11.3 Å². The van der Waals surface area contributed by atoms with Crippen molar-refractivity contribution in [3.05, 3.63) is 101 Å². The molecule has 1 amide bonds. The van der Waals surface area contributed by atoms with Gasteiger partial charge in [0.25, 0.3) is 11.7 Å². The standard InChI is InChI=1S/C28H25NO6/c1-2-16-35-22-14-10-20(11-15-22)26(32)24-25(19-6-4-3-5-7-19)29(28(34)27(24)33)21-12-8-18(9-13-21)17-23(30)31/h3-15,25,32H,2,16-17H2,1H3,(H,30,31)/b26-24+. The Morgan fingerprint density at radius 1 is 0.914 bits per heavy atom. The summed E-state index contributed by atoms with van der Waals surface area (Å²) in [5.74, 6) is -2.16. The summed E-state index contributed by atoms with van der Waals surface area (Å²) < 4.78 is 5.59. The van der Waals surface area contributed by atoms with Crippen LogP contribution in [0, 0.1) is 0 Å². The van der Waals surface area contributed by atoms with E-state index in [9.17, 15) is 19.5 Å². The molecule has 7 heteroatoms. The monoisotopic (exact) mass is 471 g/mol. The average molecular weight is 472 g/mol. The van der Waals surface area contributed by atoms with Gasteiger partial charge in [0.05, 0.1) is 24.6 Å². The van der Waals surface area contributed by atoms with Crippen LogP contribution in [-0.4, -0.2) is 34.5 Å². The highest BCUT2D eigenvalue weighted by Crippen LogP contribution is 2.42. The van der Waals surface area contributed by atoms with Gasteiger partial charge in [-0.05, 0) is 53.9 Å². The number of rotatable bonds is 8. The van der Waals surface area contributed by atoms with Crippen LogP contribution in [0.25, 0.3) is 5.76 Å². The highest BCUT2D eigenvalue weighted by atomic mass is 16.5. The lowest BCUT2D eigenvalue weighted by Crippen LogP contribution is -2.29. The van der Waals surface area contributed by atoms with E-state index in [1.165, 1.54) is 4.90 Å². The molecule has 3 aromatic carbocycles. The Hall–Kier alpha value is -4.39. The summed E-state index contributed by atoms with van der Waals surface area (Å²) in [6.07, 6.45) is 0.707. The number of Topliss-reactive ketones (excluding diaryl/α,β-unsaturated/α-hetero) is 1. The predicted octanol–water partition coefficient (Wildman–Crippen LogP) is 4.73. The Balaban J connectivity index is 1.79. The van der Waals surface area contributed by atoms with Crippen molar-refractivity contribution in [3.63, 3.8) is 0 Å². The molecule has 2 N–H and O–H groups in total. The second kappa shape index (κ2) is 10.3. The number of hydrogen-bond acceptors (Lipinski definition) is 5. The molecule has 1 aliphatic rings. The first kappa shape index (κ1) is 23.8. The minimum atomic E-state index is -0.964. The van der Waals surface area contributed by atoms with Gasteiger partial charge in [-0.2, -0.15) is 0 Å². The van der Waals surface area contributed by atoms with Crippen LogP contribution >= 0.6 is 0 Å². The third-order valence-corrected chi connectivity index (χ3v) is 5.73. The van der Waals surface area contributed by atoms with Crippen LogP contribution in [0.3, 0.4) is 0 Å². The molecule has 1 unspecified atom stereocenters. The van der Waals surface area contributed by atoms with Gasteiger partial charge in [0.1, 0.15) is 11.5 Å². The Bertz CT molecular complexity index is 1260. The third-order valence-electron chi connectivity index (χ3n) is 5.73. The lowest BCUT2D eigenvalue weighted by Gasteiger charge is -2.25. The van der Waals surface area contributed by atoms with Gasteiger partial charge in [0.2, 0.25) is 0 Å². The van der Waals surface area contributed by atoms with Gasteiger partial charge in [-0.15, -0.1) is 0 Å². The fourth-order valence-electron chi connectivity index (χ4n) is 4.08. The molecule has 0 spiro atoms. The number of carbonyl (C=O) groups excluding carboxylic acids is 2. The predicted molar refractivity (Wildman–Crippen MR) is 131 cm³/mol. The number of nitrogens with zero attached hydrogens (tertiary/aromatic N) is 1. The van der Waals surface area contributed by atoms with E-state index in [4.69, 9.17) is 9.84 Å². The summed E-state index contributed by atoms with van der Waals surface area (Å²) in [5, 5.41) is 20.2. The molecule has 0 radical (unpaired) electrons. The molecular weight excluding hydrogens is 446 g/mol. The molecule has 1 atom stereocenters. The fourth-order valence-corrected chi connectivity index (χ4v) is 4.08. The van der Waals surface area contributed by atoms with Crippen molar-refractivity contribution < 1.29 is 29.3 Å². The molecule has 1 heterocycles. The number of carbonyl (C=O) groups is 3. The maximum Gasteiger partial charge on any atom is 0.307 e. The van der Waals surface area contributed by atoms with Crippen molar-refractivity contribution in [1.82, 2.24) is 0 Å². The number of aliphatic carboxylic acids is 1. The number of ether oxygens (including phenoxy) is 1. The minimum Gasteiger partial charge on any atom is -0.507 e. The zero-order valence-corrected chi connectivity index (χ0v) is 19.2. The van der Waals surface area contributed by atoms with Gasteiger partial charge in [0.15, 0.2) is 0 Å². The fraction of sp³-hybridized carbons (Fsp3) is 0.179. The van der Waals surface area contributed by atoms with Gasteiger partial charge in [-0.1, -0.05) is 49.4 Å². The van der Waals surface area contributed by atoms with E-state index in [1.54, 1.807) is 72.8 Å². The molecule has 0 aliphatic carbocycles. The highest BCUT2D eigenvalue weighted by Gasteiger charge is 2.46. The molecule has 35 heavy (non-hydrogen) atoms. The normalized spacial score (nSPS) is 16.9. The summed E-state index contributed by atoms with van der Waals surface area (Å²) >= 11 is 0. The highest BCUT2D eigenvalue weighted by molar-refractivity contribution is 6.51. The number of carboxylic acids is 1. The number of ketones is 1. The largest absolute Gasteiger partial charge is 0.507 e. The van der Waals surface area contributed by atoms with E-state index in [1.807, 2.05) is 13.0 Å². The van der Waals surface area contributed by atoms with Crippen molar-refractivity contribution >= 4 is 29.1 Å². The van der Waals surface area contributed by atoms with Crippen molar-refractivity contribution in [2.24, 2.45) is 0 Å². The number of hydrogen-bond donors (Lipinski definition) is 2. The maximum atomic E-state index is 13.2. The number of amides is 1. The van der Waals surface area contributed by atoms with Crippen LogP contribution in [0.2, 0.25) is 0 Å². The summed E-state index contributed by atoms with van der Waals surface area (Å²) in [6, 6.07) is 21.3. The molecule has 3 aromatic rings. The average Bonchev–Trinajstić information content (AvgIpc) is 3.13. The number of anilines is 1. The van der Waals surface area contributed by atoms with Crippen LogP contribution in [0.1, 0.15) is 36.1 Å². The van der Waals surface area contributed by atoms with Crippen LogP contribution in [0.15, 0.2) is 84.4 Å². The lowest BCUT2D eigenvalue weighted by atomic mass is 9.95. The summed E-state index contributed by atoms with van der Waals surface area (Å²) in [7, 11) is 0. The van der Waals surface area contributed by atoms with Crippen molar-refractivity contribution in [2.75, 3.05) is 11.5 Å². The van der Waals surface area contributed by atoms with E-state index in [-0.39, 0.29) is 17.8 Å². The van der Waals surface area contributed by atoms with Gasteiger partial charge in [-0.25, -0.2) is 0 Å².